The molecule has 0 bridgehead atoms. The maximum Gasteiger partial charge on any atom is 0.243 e. The molecule has 0 aliphatic carbocycles. The van der Waals surface area contributed by atoms with E-state index < -0.39 is 10.0 Å². The Hall–Kier alpha value is -0.990. The largest absolute Gasteiger partial charge is 0.330 e. The fraction of sp³-hybridized carbons (Fsp3) is 0.438. The summed E-state index contributed by atoms with van der Waals surface area (Å²) in [6.07, 6.45) is 0.800. The second-order valence-corrected chi connectivity index (χ2v) is 9.22. The van der Waals surface area contributed by atoms with E-state index in [0.717, 1.165) is 22.7 Å². The highest BCUT2D eigenvalue weighted by Crippen LogP contribution is 2.33. The third-order valence-corrected chi connectivity index (χ3v) is 7.20. The van der Waals surface area contributed by atoms with E-state index in [2.05, 4.69) is 4.98 Å². The maximum atomic E-state index is 12.9. The SMILES string of the molecule is Cc1csc(-c2cccc(S(=O)(=O)N3CCC(C)(CN)C3)c2)n1.Cl. The fourth-order valence-corrected chi connectivity index (χ4v) is 5.21. The molecule has 1 aromatic carbocycles. The van der Waals surface area contributed by atoms with Gasteiger partial charge in [0.1, 0.15) is 5.01 Å². The van der Waals surface area contributed by atoms with Crippen molar-refractivity contribution in [1.82, 2.24) is 9.29 Å². The summed E-state index contributed by atoms with van der Waals surface area (Å²) < 4.78 is 27.3. The highest BCUT2D eigenvalue weighted by atomic mass is 35.5. The second-order valence-electron chi connectivity index (χ2n) is 6.43. The summed E-state index contributed by atoms with van der Waals surface area (Å²) in [7, 11) is -3.49. The van der Waals surface area contributed by atoms with Crippen LogP contribution in [0.25, 0.3) is 10.6 Å². The van der Waals surface area contributed by atoms with Crippen molar-refractivity contribution in [3.05, 3.63) is 35.3 Å². The maximum absolute atomic E-state index is 12.9. The summed E-state index contributed by atoms with van der Waals surface area (Å²) in [6, 6.07) is 7.03. The first-order valence-corrected chi connectivity index (χ1v) is 9.89. The molecule has 1 saturated heterocycles. The molecular weight excluding hydrogens is 366 g/mol. The quantitative estimate of drug-likeness (QED) is 0.875. The molecule has 0 spiro atoms. The molecular formula is C16H22ClN3O2S2. The van der Waals surface area contributed by atoms with Gasteiger partial charge in [0.15, 0.2) is 0 Å². The highest BCUT2D eigenvalue weighted by Gasteiger charge is 2.39. The lowest BCUT2D eigenvalue weighted by Gasteiger charge is -2.22. The van der Waals surface area contributed by atoms with Crippen LogP contribution in [0.3, 0.4) is 0 Å². The van der Waals surface area contributed by atoms with Crippen molar-refractivity contribution in [1.29, 1.82) is 0 Å². The number of hydrogen-bond acceptors (Lipinski definition) is 5. The van der Waals surface area contributed by atoms with Gasteiger partial charge < -0.3 is 5.73 Å². The first-order chi connectivity index (χ1) is 10.8. The molecule has 0 amide bonds. The van der Waals surface area contributed by atoms with Gasteiger partial charge in [-0.1, -0.05) is 19.1 Å². The minimum atomic E-state index is -3.49. The predicted octanol–water partition coefficient (Wildman–Crippen LogP) is 2.90. The molecule has 1 aliphatic heterocycles. The number of aromatic nitrogens is 1. The molecule has 24 heavy (non-hydrogen) atoms. The third-order valence-electron chi connectivity index (χ3n) is 4.35. The zero-order chi connectivity index (χ0) is 16.7. The Morgan fingerprint density at radius 2 is 2.17 bits per heavy atom. The van der Waals surface area contributed by atoms with Gasteiger partial charge in [0.2, 0.25) is 10.0 Å². The van der Waals surface area contributed by atoms with Crippen LogP contribution in [-0.4, -0.2) is 37.3 Å². The van der Waals surface area contributed by atoms with Gasteiger partial charge in [0.25, 0.3) is 0 Å². The van der Waals surface area contributed by atoms with Crippen LogP contribution < -0.4 is 5.73 Å². The molecule has 2 heterocycles. The summed E-state index contributed by atoms with van der Waals surface area (Å²) in [5, 5.41) is 2.80. The van der Waals surface area contributed by atoms with Crippen LogP contribution in [0.4, 0.5) is 0 Å². The number of nitrogens with two attached hydrogens (primary N) is 1. The molecule has 0 saturated carbocycles. The van der Waals surface area contributed by atoms with Gasteiger partial charge in [0.05, 0.1) is 4.90 Å². The Kier molecular flexibility index (Phi) is 5.71. The minimum absolute atomic E-state index is 0. The average Bonchev–Trinajstić information content (AvgIpc) is 3.15. The molecule has 1 aromatic heterocycles. The van der Waals surface area contributed by atoms with Crippen molar-refractivity contribution in [2.24, 2.45) is 11.1 Å². The van der Waals surface area contributed by atoms with Gasteiger partial charge >= 0.3 is 0 Å². The van der Waals surface area contributed by atoms with Gasteiger partial charge in [-0.15, -0.1) is 23.7 Å². The Bertz CT molecular complexity index is 822. The normalized spacial score (nSPS) is 21.6. The van der Waals surface area contributed by atoms with Gasteiger partial charge in [-0.25, -0.2) is 13.4 Å². The monoisotopic (exact) mass is 387 g/mol. The van der Waals surface area contributed by atoms with E-state index >= 15 is 0 Å². The van der Waals surface area contributed by atoms with Crippen LogP contribution in [-0.2, 0) is 10.0 Å². The minimum Gasteiger partial charge on any atom is -0.330 e. The van der Waals surface area contributed by atoms with Crippen LogP contribution in [0.15, 0.2) is 34.5 Å². The molecule has 1 unspecified atom stereocenters. The van der Waals surface area contributed by atoms with Crippen LogP contribution in [0, 0.1) is 12.3 Å². The molecule has 0 radical (unpaired) electrons. The Morgan fingerprint density at radius 1 is 1.42 bits per heavy atom. The van der Waals surface area contributed by atoms with Crippen molar-refractivity contribution < 1.29 is 8.42 Å². The average molecular weight is 388 g/mol. The van der Waals surface area contributed by atoms with E-state index in [-0.39, 0.29) is 17.8 Å². The Labute approximate surface area is 153 Å². The lowest BCUT2D eigenvalue weighted by atomic mass is 9.90. The molecule has 132 valence electrons. The summed E-state index contributed by atoms with van der Waals surface area (Å²) in [4.78, 5) is 4.75. The number of nitrogens with zero attached hydrogens (tertiary/aromatic N) is 2. The van der Waals surface area contributed by atoms with Crippen molar-refractivity contribution in [3.8, 4) is 10.6 Å². The Morgan fingerprint density at radius 3 is 2.75 bits per heavy atom. The van der Waals surface area contributed by atoms with Crippen LogP contribution >= 0.6 is 23.7 Å². The van der Waals surface area contributed by atoms with E-state index in [9.17, 15) is 8.42 Å². The van der Waals surface area contributed by atoms with Crippen LogP contribution in [0.5, 0.6) is 0 Å². The van der Waals surface area contributed by atoms with E-state index in [1.807, 2.05) is 25.3 Å². The molecule has 2 aromatic rings. The first-order valence-electron chi connectivity index (χ1n) is 7.57. The van der Waals surface area contributed by atoms with Crippen molar-refractivity contribution >= 4 is 33.8 Å². The van der Waals surface area contributed by atoms with E-state index in [1.165, 1.54) is 11.3 Å². The lowest BCUT2D eigenvalue weighted by molar-refractivity contribution is 0.349. The second kappa shape index (κ2) is 7.09. The summed E-state index contributed by atoms with van der Waals surface area (Å²) in [6.45, 7) is 5.47. The molecule has 1 atom stereocenters. The van der Waals surface area contributed by atoms with Gasteiger partial charge in [-0.3, -0.25) is 0 Å². The highest BCUT2D eigenvalue weighted by molar-refractivity contribution is 7.89. The number of sulfonamides is 1. The molecule has 1 aliphatic rings. The van der Waals surface area contributed by atoms with Crippen LogP contribution in [0.1, 0.15) is 19.0 Å². The zero-order valence-corrected chi connectivity index (χ0v) is 16.2. The molecule has 3 rings (SSSR count). The van der Waals surface area contributed by atoms with Gasteiger partial charge in [0, 0.05) is 29.7 Å². The van der Waals surface area contributed by atoms with Gasteiger partial charge in [-0.05, 0) is 37.4 Å². The number of hydrogen-bond donors (Lipinski definition) is 1. The number of thiazole rings is 1. The molecule has 1 fully saturated rings. The number of halogens is 1. The first kappa shape index (κ1) is 19.3. The standard InChI is InChI=1S/C16H21N3O2S2.ClH/c1-12-9-22-15(18-12)13-4-3-5-14(8-13)23(20,21)19-7-6-16(2,10-17)11-19;/h3-5,8-9H,6-7,10-11,17H2,1-2H3;1H. The predicted molar refractivity (Wildman–Crippen MR) is 100 cm³/mol. The Balaban J connectivity index is 0.00000208. The zero-order valence-electron chi connectivity index (χ0n) is 13.7. The van der Waals surface area contributed by atoms with Gasteiger partial charge in [-0.2, -0.15) is 4.31 Å². The lowest BCUT2D eigenvalue weighted by Crippen LogP contribution is -2.34. The van der Waals surface area contributed by atoms with Crippen LogP contribution in [0.2, 0.25) is 0 Å². The topological polar surface area (TPSA) is 76.3 Å². The summed E-state index contributed by atoms with van der Waals surface area (Å²) in [5.41, 5.74) is 7.44. The van der Waals surface area contributed by atoms with E-state index in [4.69, 9.17) is 5.73 Å². The fourth-order valence-electron chi connectivity index (χ4n) is 2.78. The smallest absolute Gasteiger partial charge is 0.243 e. The third kappa shape index (κ3) is 3.65. The summed E-state index contributed by atoms with van der Waals surface area (Å²) >= 11 is 1.52. The number of aryl methyl sites for hydroxylation is 1. The number of rotatable bonds is 4. The molecule has 2 N–H and O–H groups in total. The van der Waals surface area contributed by atoms with Crippen molar-refractivity contribution in [3.63, 3.8) is 0 Å². The number of benzene rings is 1. The van der Waals surface area contributed by atoms with Crippen molar-refractivity contribution in [2.75, 3.05) is 19.6 Å². The molecule has 5 nitrogen and oxygen atoms in total. The summed E-state index contributed by atoms with van der Waals surface area (Å²) in [5.74, 6) is 0. The van der Waals surface area contributed by atoms with E-state index in [0.29, 0.717) is 24.5 Å². The molecule has 8 heteroatoms. The van der Waals surface area contributed by atoms with Crippen molar-refractivity contribution in [2.45, 2.75) is 25.2 Å². The van der Waals surface area contributed by atoms with E-state index in [1.54, 1.807) is 22.5 Å².